The summed E-state index contributed by atoms with van der Waals surface area (Å²) in [6.45, 7) is 11.4. The third-order valence-electron chi connectivity index (χ3n) is 2.47. The number of carbonyl (C=O) groups is 1. The van der Waals surface area contributed by atoms with Crippen LogP contribution in [0.2, 0.25) is 0 Å². The van der Waals surface area contributed by atoms with Crippen molar-refractivity contribution in [3.63, 3.8) is 0 Å². The molecular weight excluding hydrogens is 174 g/mol. The van der Waals surface area contributed by atoms with Crippen LogP contribution in [0, 0.1) is 0 Å². The van der Waals surface area contributed by atoms with Crippen LogP contribution in [0.1, 0.15) is 47.0 Å². The lowest BCUT2D eigenvalue weighted by Gasteiger charge is -2.30. The van der Waals surface area contributed by atoms with Crippen molar-refractivity contribution < 1.29 is 4.79 Å². The zero-order valence-corrected chi connectivity index (χ0v) is 9.89. The first kappa shape index (κ1) is 13.4. The van der Waals surface area contributed by atoms with E-state index in [9.17, 15) is 4.79 Å². The van der Waals surface area contributed by atoms with Crippen molar-refractivity contribution in [2.45, 2.75) is 58.5 Å². The van der Waals surface area contributed by atoms with Gasteiger partial charge in [0.05, 0.1) is 5.54 Å². The highest BCUT2D eigenvalue weighted by atomic mass is 16.1. The van der Waals surface area contributed by atoms with Crippen molar-refractivity contribution in [2.75, 3.05) is 0 Å². The quantitative estimate of drug-likeness (QED) is 0.502. The smallest absolute Gasteiger partial charge is 0.149 e. The lowest BCUT2D eigenvalue weighted by Crippen LogP contribution is -2.51. The number of unbranched alkanes of at least 4 members (excludes halogenated alkanes) is 1. The van der Waals surface area contributed by atoms with Crippen LogP contribution in [-0.4, -0.2) is 17.4 Å². The van der Waals surface area contributed by atoms with E-state index in [0.717, 1.165) is 19.3 Å². The summed E-state index contributed by atoms with van der Waals surface area (Å²) in [5.74, 6) is 0.218. The second-order valence-electron chi connectivity index (χ2n) is 4.37. The maximum absolute atomic E-state index is 11.5. The molecule has 82 valence electrons. The van der Waals surface area contributed by atoms with E-state index in [1.807, 2.05) is 13.0 Å². The molecule has 0 heterocycles. The number of hydrogen-bond donors (Lipinski definition) is 1. The molecule has 2 heteroatoms. The molecule has 0 amide bonds. The zero-order valence-electron chi connectivity index (χ0n) is 9.89. The molecule has 0 saturated heterocycles. The van der Waals surface area contributed by atoms with Crippen LogP contribution >= 0.6 is 0 Å². The molecule has 2 nitrogen and oxygen atoms in total. The van der Waals surface area contributed by atoms with Crippen molar-refractivity contribution in [3.05, 3.63) is 12.7 Å². The second-order valence-corrected chi connectivity index (χ2v) is 4.37. The predicted octanol–water partition coefficient (Wildman–Crippen LogP) is 2.69. The van der Waals surface area contributed by atoms with E-state index < -0.39 is 0 Å². The molecule has 0 aliphatic heterocycles. The van der Waals surface area contributed by atoms with Crippen molar-refractivity contribution in [1.82, 2.24) is 5.32 Å². The first-order valence-corrected chi connectivity index (χ1v) is 5.32. The third-order valence-corrected chi connectivity index (χ3v) is 2.47. The van der Waals surface area contributed by atoms with Crippen LogP contribution in [0.3, 0.4) is 0 Å². The maximum Gasteiger partial charge on any atom is 0.149 e. The van der Waals surface area contributed by atoms with Gasteiger partial charge in [-0.3, -0.25) is 4.79 Å². The van der Waals surface area contributed by atoms with Crippen molar-refractivity contribution in [2.24, 2.45) is 0 Å². The molecule has 0 unspecified atom stereocenters. The van der Waals surface area contributed by atoms with Gasteiger partial charge in [-0.25, -0.2) is 0 Å². The Bertz CT molecular complexity index is 198. The highest BCUT2D eigenvalue weighted by molar-refractivity contribution is 5.85. The Morgan fingerprint density at radius 1 is 1.57 bits per heavy atom. The topological polar surface area (TPSA) is 29.1 Å². The standard InChI is InChI=1S/C12H23NO/c1-6-7-8-9-12(5,11(4)14)13-10(2)3/h6,10,13H,1,7-9H2,2-5H3/t12-/m0/s1. The lowest BCUT2D eigenvalue weighted by atomic mass is 9.90. The van der Waals surface area contributed by atoms with Crippen LogP contribution in [0.4, 0.5) is 0 Å². The SMILES string of the molecule is C=CCCC[C@](C)(NC(C)C)C(C)=O. The molecule has 0 bridgehead atoms. The van der Waals surface area contributed by atoms with Crippen LogP contribution in [0.5, 0.6) is 0 Å². The summed E-state index contributed by atoms with van der Waals surface area (Å²) >= 11 is 0. The highest BCUT2D eigenvalue weighted by Gasteiger charge is 2.28. The van der Waals surface area contributed by atoms with Gasteiger partial charge in [0.1, 0.15) is 5.78 Å². The van der Waals surface area contributed by atoms with Gasteiger partial charge in [0.15, 0.2) is 0 Å². The fourth-order valence-corrected chi connectivity index (χ4v) is 1.59. The third kappa shape index (κ3) is 4.56. The number of hydrogen-bond acceptors (Lipinski definition) is 2. The highest BCUT2D eigenvalue weighted by Crippen LogP contribution is 2.16. The minimum atomic E-state index is -0.364. The molecule has 0 fully saturated rings. The second kappa shape index (κ2) is 5.97. The van der Waals surface area contributed by atoms with Crippen LogP contribution in [0.25, 0.3) is 0 Å². The van der Waals surface area contributed by atoms with Crippen LogP contribution in [0.15, 0.2) is 12.7 Å². The molecule has 0 saturated carbocycles. The fourth-order valence-electron chi connectivity index (χ4n) is 1.59. The van der Waals surface area contributed by atoms with Gasteiger partial charge in [-0.2, -0.15) is 0 Å². The van der Waals surface area contributed by atoms with Gasteiger partial charge in [0, 0.05) is 6.04 Å². The molecule has 1 atom stereocenters. The fraction of sp³-hybridized carbons (Fsp3) is 0.750. The van der Waals surface area contributed by atoms with Gasteiger partial charge in [-0.15, -0.1) is 6.58 Å². The van der Waals surface area contributed by atoms with E-state index in [2.05, 4.69) is 25.7 Å². The number of nitrogens with one attached hydrogen (secondary N) is 1. The van der Waals surface area contributed by atoms with Crippen LogP contribution in [-0.2, 0) is 4.79 Å². The van der Waals surface area contributed by atoms with Crippen LogP contribution < -0.4 is 5.32 Å². The van der Waals surface area contributed by atoms with E-state index in [-0.39, 0.29) is 11.3 Å². The normalized spacial score (nSPS) is 15.2. The maximum atomic E-state index is 11.5. The minimum absolute atomic E-state index is 0.218. The van der Waals surface area contributed by atoms with Crippen molar-refractivity contribution in [3.8, 4) is 0 Å². The Labute approximate surface area is 87.8 Å². The van der Waals surface area contributed by atoms with E-state index in [4.69, 9.17) is 0 Å². The summed E-state index contributed by atoms with van der Waals surface area (Å²) in [6.07, 6.45) is 4.77. The van der Waals surface area contributed by atoms with Gasteiger partial charge in [-0.05, 0) is 47.0 Å². The molecular formula is C12H23NO. The first-order chi connectivity index (χ1) is 6.42. The Hall–Kier alpha value is -0.630. The molecule has 0 rings (SSSR count). The number of carbonyl (C=O) groups excluding carboxylic acids is 1. The molecule has 14 heavy (non-hydrogen) atoms. The number of allylic oxidation sites excluding steroid dienone is 1. The van der Waals surface area contributed by atoms with E-state index in [1.165, 1.54) is 0 Å². The molecule has 0 aromatic carbocycles. The Balaban J connectivity index is 4.24. The predicted molar refractivity (Wildman–Crippen MR) is 61.4 cm³/mol. The summed E-state index contributed by atoms with van der Waals surface area (Å²) in [4.78, 5) is 11.5. The zero-order chi connectivity index (χ0) is 11.2. The number of ketones is 1. The summed E-state index contributed by atoms with van der Waals surface area (Å²) in [7, 11) is 0. The molecule has 0 radical (unpaired) electrons. The van der Waals surface area contributed by atoms with Gasteiger partial charge < -0.3 is 5.32 Å². The molecule has 0 aliphatic carbocycles. The van der Waals surface area contributed by atoms with Crippen molar-refractivity contribution in [1.29, 1.82) is 0 Å². The Kier molecular flexibility index (Phi) is 5.70. The summed E-state index contributed by atoms with van der Waals surface area (Å²) < 4.78 is 0. The van der Waals surface area contributed by atoms with Gasteiger partial charge >= 0.3 is 0 Å². The minimum Gasteiger partial charge on any atom is -0.303 e. The monoisotopic (exact) mass is 197 g/mol. The average Bonchev–Trinajstić information content (AvgIpc) is 2.03. The van der Waals surface area contributed by atoms with Crippen molar-refractivity contribution >= 4 is 5.78 Å². The first-order valence-electron chi connectivity index (χ1n) is 5.32. The van der Waals surface area contributed by atoms with E-state index in [0.29, 0.717) is 6.04 Å². The molecule has 0 spiro atoms. The van der Waals surface area contributed by atoms with E-state index in [1.54, 1.807) is 6.92 Å². The number of rotatable bonds is 7. The molecule has 1 N–H and O–H groups in total. The average molecular weight is 197 g/mol. The van der Waals surface area contributed by atoms with Gasteiger partial charge in [0.25, 0.3) is 0 Å². The van der Waals surface area contributed by atoms with E-state index >= 15 is 0 Å². The lowest BCUT2D eigenvalue weighted by molar-refractivity contribution is -0.123. The summed E-state index contributed by atoms with van der Waals surface area (Å²) in [5.41, 5.74) is -0.364. The molecule has 0 aliphatic rings. The summed E-state index contributed by atoms with van der Waals surface area (Å²) in [6, 6.07) is 0.340. The number of Topliss-reactive ketones (excluding diaryl/α,β-unsaturated/α-hetero) is 1. The molecule has 0 aromatic heterocycles. The Morgan fingerprint density at radius 2 is 2.14 bits per heavy atom. The molecule has 0 aromatic rings. The largest absolute Gasteiger partial charge is 0.303 e. The summed E-state index contributed by atoms with van der Waals surface area (Å²) in [5, 5.41) is 3.33. The Morgan fingerprint density at radius 3 is 2.50 bits per heavy atom. The van der Waals surface area contributed by atoms with Gasteiger partial charge in [0.2, 0.25) is 0 Å². The van der Waals surface area contributed by atoms with Gasteiger partial charge in [-0.1, -0.05) is 6.08 Å².